The highest BCUT2D eigenvalue weighted by atomic mass is 16.6. The molecule has 6 heteroatoms. The van der Waals surface area contributed by atoms with Crippen molar-refractivity contribution in [2.75, 3.05) is 0 Å². The van der Waals surface area contributed by atoms with Crippen molar-refractivity contribution in [1.29, 1.82) is 0 Å². The van der Waals surface area contributed by atoms with Crippen LogP contribution >= 0.6 is 0 Å². The van der Waals surface area contributed by atoms with Gasteiger partial charge in [-0.15, -0.1) is 0 Å². The van der Waals surface area contributed by atoms with Crippen LogP contribution in [0.4, 0.5) is 5.69 Å². The molecule has 2 unspecified atom stereocenters. The van der Waals surface area contributed by atoms with Crippen molar-refractivity contribution in [3.63, 3.8) is 0 Å². The van der Waals surface area contributed by atoms with Gasteiger partial charge in [-0.1, -0.05) is 26.0 Å². The second kappa shape index (κ2) is 6.47. The lowest BCUT2D eigenvalue weighted by atomic mass is 9.99. The van der Waals surface area contributed by atoms with Gasteiger partial charge in [-0.2, -0.15) is 0 Å². The second-order valence-electron chi connectivity index (χ2n) is 5.32. The minimum Gasteiger partial charge on any atom is -0.368 e. The number of primary amides is 1. The van der Waals surface area contributed by atoms with E-state index in [-0.39, 0.29) is 17.6 Å². The third kappa shape index (κ3) is 3.77. The number of hydrogen-bond donors (Lipinski definition) is 2. The highest BCUT2D eigenvalue weighted by Crippen LogP contribution is 2.23. The zero-order chi connectivity index (χ0) is 15.4. The monoisotopic (exact) mass is 279 g/mol. The lowest BCUT2D eigenvalue weighted by Gasteiger charge is -2.24. The van der Waals surface area contributed by atoms with Gasteiger partial charge in [0.15, 0.2) is 0 Å². The van der Waals surface area contributed by atoms with Gasteiger partial charge in [0.05, 0.1) is 11.0 Å². The molecule has 0 saturated carbocycles. The van der Waals surface area contributed by atoms with Gasteiger partial charge in [0.2, 0.25) is 5.91 Å². The summed E-state index contributed by atoms with van der Waals surface area (Å²) in [5.74, 6) is -0.371. The lowest BCUT2D eigenvalue weighted by molar-refractivity contribution is -0.385. The molecule has 0 aliphatic heterocycles. The Hall–Kier alpha value is -1.95. The number of benzene rings is 1. The first-order valence-electron chi connectivity index (χ1n) is 6.54. The van der Waals surface area contributed by atoms with Crippen molar-refractivity contribution in [3.05, 3.63) is 39.4 Å². The van der Waals surface area contributed by atoms with Gasteiger partial charge in [-0.05, 0) is 25.3 Å². The molecule has 0 aromatic heterocycles. The normalized spacial score (nSPS) is 14.1. The molecule has 1 amide bonds. The number of hydrogen-bond acceptors (Lipinski definition) is 4. The fraction of sp³-hybridized carbons (Fsp3) is 0.500. The van der Waals surface area contributed by atoms with E-state index in [1.165, 1.54) is 6.07 Å². The third-order valence-corrected chi connectivity index (χ3v) is 3.33. The van der Waals surface area contributed by atoms with Gasteiger partial charge in [0.1, 0.15) is 0 Å². The van der Waals surface area contributed by atoms with Crippen molar-refractivity contribution in [2.24, 2.45) is 11.7 Å². The third-order valence-electron chi connectivity index (χ3n) is 3.33. The Labute approximate surface area is 118 Å². The molecule has 0 radical (unpaired) electrons. The van der Waals surface area contributed by atoms with E-state index in [0.29, 0.717) is 5.56 Å². The predicted octanol–water partition coefficient (Wildman–Crippen LogP) is 2.06. The molecule has 1 aromatic carbocycles. The zero-order valence-corrected chi connectivity index (χ0v) is 12.2. The van der Waals surface area contributed by atoms with E-state index in [0.717, 1.165) is 5.56 Å². The van der Waals surface area contributed by atoms with Crippen LogP contribution in [0.15, 0.2) is 18.2 Å². The first-order valence-corrected chi connectivity index (χ1v) is 6.54. The molecule has 1 aromatic rings. The molecule has 0 fully saturated rings. The Morgan fingerprint density at radius 1 is 1.35 bits per heavy atom. The highest BCUT2D eigenvalue weighted by Gasteiger charge is 2.23. The van der Waals surface area contributed by atoms with Crippen LogP contribution in [0.5, 0.6) is 0 Å². The number of amides is 1. The number of nitro benzene ring substituents is 1. The number of nitrogens with one attached hydrogen (secondary N) is 1. The van der Waals surface area contributed by atoms with Crippen LogP contribution in [0, 0.1) is 23.0 Å². The van der Waals surface area contributed by atoms with Crippen molar-refractivity contribution in [1.82, 2.24) is 5.32 Å². The van der Waals surface area contributed by atoms with Crippen LogP contribution in [0.1, 0.15) is 37.9 Å². The van der Waals surface area contributed by atoms with E-state index in [1.54, 1.807) is 13.0 Å². The van der Waals surface area contributed by atoms with Crippen molar-refractivity contribution < 1.29 is 9.72 Å². The molecule has 2 atom stereocenters. The predicted molar refractivity (Wildman–Crippen MR) is 77.2 cm³/mol. The maximum absolute atomic E-state index is 11.4. The summed E-state index contributed by atoms with van der Waals surface area (Å²) in [6.45, 7) is 7.34. The van der Waals surface area contributed by atoms with Crippen molar-refractivity contribution in [3.8, 4) is 0 Å². The summed E-state index contributed by atoms with van der Waals surface area (Å²) in [4.78, 5) is 21.9. The number of rotatable bonds is 6. The minimum atomic E-state index is -0.467. The molecule has 3 N–H and O–H groups in total. The Morgan fingerprint density at radius 2 is 1.95 bits per heavy atom. The largest absolute Gasteiger partial charge is 0.368 e. The average molecular weight is 279 g/mol. The maximum atomic E-state index is 11.4. The Balaban J connectivity index is 2.97. The summed E-state index contributed by atoms with van der Waals surface area (Å²) < 4.78 is 0. The first kappa shape index (κ1) is 16.1. The summed E-state index contributed by atoms with van der Waals surface area (Å²) in [6, 6.07) is 4.39. The van der Waals surface area contributed by atoms with Crippen LogP contribution in [0.2, 0.25) is 0 Å². The van der Waals surface area contributed by atoms with Crippen LogP contribution in [0.3, 0.4) is 0 Å². The molecule has 20 heavy (non-hydrogen) atoms. The quantitative estimate of drug-likeness (QED) is 0.615. The molecular weight excluding hydrogens is 258 g/mol. The summed E-state index contributed by atoms with van der Waals surface area (Å²) in [5, 5.41) is 14.1. The summed E-state index contributed by atoms with van der Waals surface area (Å²) in [6.07, 6.45) is 0. The number of nitro groups is 1. The lowest BCUT2D eigenvalue weighted by Crippen LogP contribution is -2.45. The summed E-state index contributed by atoms with van der Waals surface area (Å²) in [5.41, 5.74) is 6.81. The number of nitrogens with two attached hydrogens (primary N) is 1. The summed E-state index contributed by atoms with van der Waals surface area (Å²) in [7, 11) is 0. The van der Waals surface area contributed by atoms with Gasteiger partial charge < -0.3 is 5.73 Å². The standard InChI is InChI=1S/C14H21N3O3/c1-8(2)13(14(15)18)16-10(4)11-6-5-9(3)12(7-11)17(19)20/h5-8,10,13,16H,1-4H3,(H2,15,18). The second-order valence-corrected chi connectivity index (χ2v) is 5.32. The van der Waals surface area contributed by atoms with E-state index >= 15 is 0 Å². The van der Waals surface area contributed by atoms with Gasteiger partial charge >= 0.3 is 0 Å². The van der Waals surface area contributed by atoms with Crippen LogP contribution in [0.25, 0.3) is 0 Å². The molecule has 0 saturated heterocycles. The molecule has 0 heterocycles. The van der Waals surface area contributed by atoms with Crippen LogP contribution < -0.4 is 11.1 Å². The van der Waals surface area contributed by atoms with E-state index in [9.17, 15) is 14.9 Å². The Bertz CT molecular complexity index is 514. The fourth-order valence-corrected chi connectivity index (χ4v) is 2.06. The van der Waals surface area contributed by atoms with Crippen LogP contribution in [-0.4, -0.2) is 16.9 Å². The number of nitrogens with zero attached hydrogens (tertiary/aromatic N) is 1. The molecule has 110 valence electrons. The Morgan fingerprint density at radius 3 is 2.40 bits per heavy atom. The highest BCUT2D eigenvalue weighted by molar-refractivity contribution is 5.80. The van der Waals surface area contributed by atoms with E-state index < -0.39 is 16.9 Å². The van der Waals surface area contributed by atoms with Gasteiger partial charge in [-0.25, -0.2) is 0 Å². The Kier molecular flexibility index (Phi) is 5.21. The number of carbonyl (C=O) groups is 1. The van der Waals surface area contributed by atoms with Crippen molar-refractivity contribution in [2.45, 2.75) is 39.8 Å². The minimum absolute atomic E-state index is 0.0513. The first-order chi connectivity index (χ1) is 9.23. The van der Waals surface area contributed by atoms with Crippen LogP contribution in [-0.2, 0) is 4.79 Å². The molecule has 0 spiro atoms. The average Bonchev–Trinajstić information content (AvgIpc) is 2.34. The molecule has 0 aliphatic carbocycles. The topological polar surface area (TPSA) is 98.3 Å². The van der Waals surface area contributed by atoms with E-state index in [2.05, 4.69) is 5.32 Å². The molecule has 0 bridgehead atoms. The van der Waals surface area contributed by atoms with Gasteiger partial charge in [-0.3, -0.25) is 20.2 Å². The smallest absolute Gasteiger partial charge is 0.272 e. The number of aryl methyl sites for hydroxylation is 1. The number of carbonyl (C=O) groups excluding carboxylic acids is 1. The molecule has 1 rings (SSSR count). The summed E-state index contributed by atoms with van der Waals surface area (Å²) >= 11 is 0. The van der Waals surface area contributed by atoms with E-state index in [4.69, 9.17) is 5.73 Å². The fourth-order valence-electron chi connectivity index (χ4n) is 2.06. The van der Waals surface area contributed by atoms with Gasteiger partial charge in [0, 0.05) is 17.7 Å². The SMILES string of the molecule is Cc1ccc(C(C)NC(C(N)=O)C(C)C)cc1[N+](=O)[O-]. The maximum Gasteiger partial charge on any atom is 0.272 e. The van der Waals surface area contributed by atoms with E-state index in [1.807, 2.05) is 26.8 Å². The zero-order valence-electron chi connectivity index (χ0n) is 12.2. The van der Waals surface area contributed by atoms with Crippen molar-refractivity contribution >= 4 is 11.6 Å². The molecular formula is C14H21N3O3. The van der Waals surface area contributed by atoms with Gasteiger partial charge in [0.25, 0.3) is 5.69 Å². The molecule has 0 aliphatic rings. The molecule has 6 nitrogen and oxygen atoms in total.